The Morgan fingerprint density at radius 2 is 1.67 bits per heavy atom. The second-order valence-electron chi connectivity index (χ2n) is 5.36. The summed E-state index contributed by atoms with van der Waals surface area (Å²) in [6, 6.07) is -0.327. The fourth-order valence-corrected chi connectivity index (χ4v) is 3.15. The number of carboxylic acid groups (broad SMARTS) is 1. The molecule has 0 aromatic rings. The highest BCUT2D eigenvalue weighted by atomic mass is 35.5. The number of alkyl halides is 3. The number of aliphatic carboxylic acids is 1. The van der Waals surface area contributed by atoms with Gasteiger partial charge in [0, 0.05) is 6.04 Å². The molecule has 2 aliphatic heterocycles. The van der Waals surface area contributed by atoms with Crippen molar-refractivity contribution in [2.24, 2.45) is 0 Å². The first-order chi connectivity index (χ1) is 8.87. The highest BCUT2D eigenvalue weighted by Crippen LogP contribution is 2.27. The molecule has 0 saturated carbocycles. The number of rotatable bonds is 3. The summed E-state index contributed by atoms with van der Waals surface area (Å²) < 4.78 is 36.8. The first kappa shape index (κ1) is 20.8. The van der Waals surface area contributed by atoms with Gasteiger partial charge in [0.25, 0.3) is 0 Å². The van der Waals surface area contributed by atoms with Gasteiger partial charge in [-0.25, -0.2) is 0 Å². The van der Waals surface area contributed by atoms with Gasteiger partial charge in [-0.1, -0.05) is 0 Å². The Labute approximate surface area is 134 Å². The van der Waals surface area contributed by atoms with E-state index in [1.165, 1.54) is 4.90 Å². The summed E-state index contributed by atoms with van der Waals surface area (Å²) in [6.07, 6.45) is -1.39. The molecule has 0 aromatic carbocycles. The monoisotopic (exact) mass is 352 g/mol. The third-order valence-electron chi connectivity index (χ3n) is 4.01. The number of piperidine rings is 1. The molecule has 2 rings (SSSR count). The highest BCUT2D eigenvalue weighted by Gasteiger charge is 2.38. The van der Waals surface area contributed by atoms with E-state index in [-0.39, 0.29) is 30.9 Å². The molecule has 4 nitrogen and oxygen atoms in total. The largest absolute Gasteiger partial charge is 0.480 e. The number of hydrogen-bond acceptors (Lipinski definition) is 3. The van der Waals surface area contributed by atoms with Crippen LogP contribution >= 0.6 is 24.8 Å². The van der Waals surface area contributed by atoms with Crippen LogP contribution in [0.2, 0.25) is 0 Å². The number of halogens is 5. The quantitative estimate of drug-likeness (QED) is 0.846. The molecule has 21 heavy (non-hydrogen) atoms. The minimum Gasteiger partial charge on any atom is -0.480 e. The van der Waals surface area contributed by atoms with Crippen LogP contribution in [-0.4, -0.2) is 65.3 Å². The van der Waals surface area contributed by atoms with Gasteiger partial charge in [-0.15, -0.1) is 24.8 Å². The van der Waals surface area contributed by atoms with E-state index in [0.717, 1.165) is 13.0 Å². The van der Waals surface area contributed by atoms with Crippen LogP contribution < -0.4 is 0 Å². The third-order valence-corrected chi connectivity index (χ3v) is 4.01. The summed E-state index contributed by atoms with van der Waals surface area (Å²) in [7, 11) is 0. The SMILES string of the molecule is Cl.Cl.O=C(O)[C@@H]1CCCN1C1CCN(CC(F)(F)F)CC1. The first-order valence-electron chi connectivity index (χ1n) is 6.64. The van der Waals surface area contributed by atoms with Crippen LogP contribution in [0.5, 0.6) is 0 Å². The fourth-order valence-electron chi connectivity index (χ4n) is 3.15. The zero-order valence-corrected chi connectivity index (χ0v) is 13.1. The van der Waals surface area contributed by atoms with Crippen LogP contribution in [0.15, 0.2) is 0 Å². The molecular formula is C12H21Cl2F3N2O2. The van der Waals surface area contributed by atoms with Crippen LogP contribution in [0, 0.1) is 0 Å². The molecule has 9 heteroatoms. The van der Waals surface area contributed by atoms with Gasteiger partial charge < -0.3 is 5.11 Å². The number of carboxylic acids is 1. The van der Waals surface area contributed by atoms with Crippen molar-refractivity contribution < 1.29 is 23.1 Å². The maximum absolute atomic E-state index is 12.3. The second kappa shape index (κ2) is 8.41. The average molecular weight is 353 g/mol. The van der Waals surface area contributed by atoms with Crippen molar-refractivity contribution in [1.82, 2.24) is 9.80 Å². The van der Waals surface area contributed by atoms with Crippen LogP contribution in [0.25, 0.3) is 0 Å². The van der Waals surface area contributed by atoms with Crippen molar-refractivity contribution in [3.8, 4) is 0 Å². The van der Waals surface area contributed by atoms with E-state index in [4.69, 9.17) is 5.11 Å². The molecule has 1 N–H and O–H groups in total. The number of hydrogen-bond donors (Lipinski definition) is 1. The molecule has 2 fully saturated rings. The van der Waals surface area contributed by atoms with Gasteiger partial charge in [-0.2, -0.15) is 13.2 Å². The number of likely N-dealkylation sites (tertiary alicyclic amines) is 2. The Balaban J connectivity index is 0.00000200. The van der Waals surface area contributed by atoms with E-state index in [2.05, 4.69) is 0 Å². The van der Waals surface area contributed by atoms with Crippen LogP contribution in [0.3, 0.4) is 0 Å². The fraction of sp³-hybridized carbons (Fsp3) is 0.917. The van der Waals surface area contributed by atoms with Crippen molar-refractivity contribution in [2.45, 2.75) is 43.9 Å². The van der Waals surface area contributed by atoms with Gasteiger partial charge in [-0.05, 0) is 45.3 Å². The van der Waals surface area contributed by atoms with Crippen molar-refractivity contribution in [2.75, 3.05) is 26.2 Å². The normalized spacial score (nSPS) is 25.2. The van der Waals surface area contributed by atoms with Crippen LogP contribution in [0.1, 0.15) is 25.7 Å². The molecule has 0 aliphatic carbocycles. The minimum atomic E-state index is -4.15. The predicted octanol–water partition coefficient (Wildman–Crippen LogP) is 2.41. The standard InChI is InChI=1S/C12H19F3N2O2.2ClH/c13-12(14,15)8-16-6-3-9(4-7-16)17-5-1-2-10(17)11(18)19;;/h9-10H,1-8H2,(H,18,19);2*1H/t10-;;/m0../s1. The molecular weight excluding hydrogens is 332 g/mol. The van der Waals surface area contributed by atoms with E-state index in [9.17, 15) is 18.0 Å². The molecule has 2 saturated heterocycles. The topological polar surface area (TPSA) is 43.8 Å². The Morgan fingerprint density at radius 3 is 2.14 bits per heavy atom. The molecule has 2 aliphatic rings. The van der Waals surface area contributed by atoms with Gasteiger partial charge in [0.2, 0.25) is 0 Å². The maximum Gasteiger partial charge on any atom is 0.401 e. The lowest BCUT2D eigenvalue weighted by atomic mass is 10.0. The zero-order chi connectivity index (χ0) is 14.0. The van der Waals surface area contributed by atoms with Gasteiger partial charge in [0.1, 0.15) is 6.04 Å². The molecule has 0 amide bonds. The van der Waals surface area contributed by atoms with Gasteiger partial charge in [0.15, 0.2) is 0 Å². The molecule has 0 unspecified atom stereocenters. The second-order valence-corrected chi connectivity index (χ2v) is 5.36. The summed E-state index contributed by atoms with van der Waals surface area (Å²) in [5.74, 6) is -0.810. The summed E-state index contributed by atoms with van der Waals surface area (Å²) in [5, 5.41) is 9.12. The minimum absolute atomic E-state index is 0. The smallest absolute Gasteiger partial charge is 0.401 e. The molecule has 0 radical (unpaired) electrons. The summed E-state index contributed by atoms with van der Waals surface area (Å²) in [5.41, 5.74) is 0. The van der Waals surface area contributed by atoms with Crippen molar-refractivity contribution >= 4 is 30.8 Å². The van der Waals surface area contributed by atoms with Crippen molar-refractivity contribution in [3.63, 3.8) is 0 Å². The number of carbonyl (C=O) groups is 1. The predicted molar refractivity (Wildman–Crippen MR) is 77.4 cm³/mol. The Bertz CT molecular complexity index is 337. The lowest BCUT2D eigenvalue weighted by Crippen LogP contribution is -2.50. The van der Waals surface area contributed by atoms with Crippen LogP contribution in [0.4, 0.5) is 13.2 Å². The number of nitrogens with zero attached hydrogens (tertiary/aromatic N) is 2. The van der Waals surface area contributed by atoms with E-state index in [0.29, 0.717) is 32.4 Å². The van der Waals surface area contributed by atoms with E-state index >= 15 is 0 Å². The molecule has 2 heterocycles. The average Bonchev–Trinajstić information content (AvgIpc) is 2.76. The Hall–Kier alpha value is -0.240. The van der Waals surface area contributed by atoms with Crippen LogP contribution in [-0.2, 0) is 4.79 Å². The Morgan fingerprint density at radius 1 is 1.10 bits per heavy atom. The highest BCUT2D eigenvalue weighted by molar-refractivity contribution is 5.85. The Kier molecular flexibility index (Phi) is 8.31. The molecule has 1 atom stereocenters. The van der Waals surface area contributed by atoms with Gasteiger partial charge >= 0.3 is 12.1 Å². The van der Waals surface area contributed by atoms with Gasteiger partial charge in [-0.3, -0.25) is 14.6 Å². The molecule has 126 valence electrons. The van der Waals surface area contributed by atoms with E-state index in [1.807, 2.05) is 4.90 Å². The third kappa shape index (κ3) is 5.81. The summed E-state index contributed by atoms with van der Waals surface area (Å²) in [4.78, 5) is 14.5. The summed E-state index contributed by atoms with van der Waals surface area (Å²) >= 11 is 0. The lowest BCUT2D eigenvalue weighted by Gasteiger charge is -2.38. The van der Waals surface area contributed by atoms with Crippen molar-refractivity contribution in [3.05, 3.63) is 0 Å². The molecule has 0 aromatic heterocycles. The maximum atomic E-state index is 12.3. The lowest BCUT2D eigenvalue weighted by molar-refractivity contribution is -0.150. The first-order valence-corrected chi connectivity index (χ1v) is 6.64. The summed E-state index contributed by atoms with van der Waals surface area (Å²) in [6.45, 7) is 0.684. The van der Waals surface area contributed by atoms with Gasteiger partial charge in [0.05, 0.1) is 6.54 Å². The van der Waals surface area contributed by atoms with E-state index < -0.39 is 24.7 Å². The molecule has 0 spiro atoms. The van der Waals surface area contributed by atoms with E-state index in [1.54, 1.807) is 0 Å². The molecule has 0 bridgehead atoms. The van der Waals surface area contributed by atoms with Crippen molar-refractivity contribution in [1.29, 1.82) is 0 Å². The zero-order valence-electron chi connectivity index (χ0n) is 11.5.